The SMILES string of the molecule is CCc1cc2ncc(CN3CCN(c4ccc(C(=O)NC)nc4)C(CO)C3)cc2[nH]c1=O. The van der Waals surface area contributed by atoms with E-state index in [9.17, 15) is 14.7 Å². The fourth-order valence-electron chi connectivity index (χ4n) is 4.15. The van der Waals surface area contributed by atoms with E-state index in [1.165, 1.54) is 0 Å². The molecule has 4 rings (SSSR count). The number of H-pyrrole nitrogens is 1. The number of nitrogens with zero attached hydrogens (tertiary/aromatic N) is 4. The molecule has 1 unspecified atom stereocenters. The second-order valence-corrected chi connectivity index (χ2v) is 8.00. The van der Waals surface area contributed by atoms with E-state index in [1.807, 2.05) is 31.3 Å². The number of rotatable bonds is 6. The first kappa shape index (κ1) is 21.9. The number of aliphatic hydroxyl groups excluding tert-OH is 1. The Hall–Kier alpha value is -3.30. The predicted octanol–water partition coefficient (Wildman–Crippen LogP) is 0.923. The molecule has 1 amide bonds. The van der Waals surface area contributed by atoms with E-state index >= 15 is 0 Å². The van der Waals surface area contributed by atoms with Crippen molar-refractivity contribution in [2.24, 2.45) is 0 Å². The topological polar surface area (TPSA) is 114 Å². The molecule has 9 nitrogen and oxygen atoms in total. The maximum absolute atomic E-state index is 12.1. The number of amides is 1. The van der Waals surface area contributed by atoms with Gasteiger partial charge in [-0.05, 0) is 36.2 Å². The van der Waals surface area contributed by atoms with Gasteiger partial charge in [0.25, 0.3) is 11.5 Å². The van der Waals surface area contributed by atoms with Crippen LogP contribution >= 0.6 is 0 Å². The van der Waals surface area contributed by atoms with E-state index in [0.29, 0.717) is 25.2 Å². The van der Waals surface area contributed by atoms with Crippen LogP contribution in [0.3, 0.4) is 0 Å². The van der Waals surface area contributed by atoms with E-state index in [-0.39, 0.29) is 24.1 Å². The van der Waals surface area contributed by atoms with Crippen molar-refractivity contribution in [1.82, 2.24) is 25.2 Å². The van der Waals surface area contributed by atoms with Gasteiger partial charge in [0.1, 0.15) is 5.69 Å². The first-order valence-corrected chi connectivity index (χ1v) is 10.8. The summed E-state index contributed by atoms with van der Waals surface area (Å²) in [5.74, 6) is -0.226. The van der Waals surface area contributed by atoms with Crippen molar-refractivity contribution in [3.05, 3.63) is 63.8 Å². The molecule has 0 radical (unpaired) electrons. The summed E-state index contributed by atoms with van der Waals surface area (Å²) in [5.41, 5.74) is 4.46. The van der Waals surface area contributed by atoms with Crippen molar-refractivity contribution in [1.29, 1.82) is 0 Å². The predicted molar refractivity (Wildman–Crippen MR) is 123 cm³/mol. The number of carbonyl (C=O) groups is 1. The molecular weight excluding hydrogens is 408 g/mol. The minimum atomic E-state index is -0.226. The zero-order valence-electron chi connectivity index (χ0n) is 18.3. The van der Waals surface area contributed by atoms with Crippen LogP contribution in [0.4, 0.5) is 5.69 Å². The van der Waals surface area contributed by atoms with Gasteiger partial charge in [-0.3, -0.25) is 19.5 Å². The number of anilines is 1. The molecule has 3 aromatic rings. The van der Waals surface area contributed by atoms with Gasteiger partial charge in [0.2, 0.25) is 0 Å². The summed E-state index contributed by atoms with van der Waals surface area (Å²) in [6.45, 7) is 4.85. The maximum Gasteiger partial charge on any atom is 0.269 e. The Morgan fingerprint density at radius 2 is 2.09 bits per heavy atom. The fourth-order valence-corrected chi connectivity index (χ4v) is 4.15. The van der Waals surface area contributed by atoms with Crippen molar-refractivity contribution in [2.75, 3.05) is 38.2 Å². The summed E-state index contributed by atoms with van der Waals surface area (Å²) in [7, 11) is 1.57. The number of aromatic amines is 1. The zero-order chi connectivity index (χ0) is 22.7. The van der Waals surface area contributed by atoms with E-state index in [2.05, 4.69) is 30.1 Å². The van der Waals surface area contributed by atoms with E-state index in [4.69, 9.17) is 0 Å². The van der Waals surface area contributed by atoms with Crippen LogP contribution in [-0.2, 0) is 13.0 Å². The first-order valence-electron chi connectivity index (χ1n) is 10.8. The van der Waals surface area contributed by atoms with Crippen molar-refractivity contribution in [2.45, 2.75) is 25.9 Å². The summed E-state index contributed by atoms with van der Waals surface area (Å²) in [6, 6.07) is 7.30. The molecule has 3 aromatic heterocycles. The second kappa shape index (κ2) is 9.46. The van der Waals surface area contributed by atoms with Gasteiger partial charge in [0.15, 0.2) is 0 Å². The molecule has 0 aliphatic carbocycles. The maximum atomic E-state index is 12.1. The largest absolute Gasteiger partial charge is 0.394 e. The molecule has 1 saturated heterocycles. The Bertz CT molecular complexity index is 1160. The molecule has 1 fully saturated rings. The van der Waals surface area contributed by atoms with Gasteiger partial charge >= 0.3 is 0 Å². The summed E-state index contributed by atoms with van der Waals surface area (Å²) in [6.07, 6.45) is 4.20. The number of aromatic nitrogens is 3. The summed E-state index contributed by atoms with van der Waals surface area (Å²) in [4.78, 5) is 39.9. The Labute approximate surface area is 186 Å². The third kappa shape index (κ3) is 4.49. The van der Waals surface area contributed by atoms with Gasteiger partial charge in [-0.15, -0.1) is 0 Å². The van der Waals surface area contributed by atoms with Crippen LogP contribution in [0.15, 0.2) is 41.5 Å². The lowest BCUT2D eigenvalue weighted by Gasteiger charge is -2.42. The number of hydrogen-bond donors (Lipinski definition) is 3. The summed E-state index contributed by atoms with van der Waals surface area (Å²) in [5, 5.41) is 12.6. The second-order valence-electron chi connectivity index (χ2n) is 8.00. The molecule has 168 valence electrons. The molecule has 4 heterocycles. The monoisotopic (exact) mass is 436 g/mol. The van der Waals surface area contributed by atoms with Crippen molar-refractivity contribution in [3.8, 4) is 0 Å². The number of piperazine rings is 1. The minimum Gasteiger partial charge on any atom is -0.394 e. The molecular formula is C23H28N6O3. The van der Waals surface area contributed by atoms with Gasteiger partial charge in [-0.25, -0.2) is 4.98 Å². The van der Waals surface area contributed by atoms with Gasteiger partial charge in [-0.1, -0.05) is 6.92 Å². The highest BCUT2D eigenvalue weighted by atomic mass is 16.3. The summed E-state index contributed by atoms with van der Waals surface area (Å²) >= 11 is 0. The van der Waals surface area contributed by atoms with Crippen LogP contribution in [0.2, 0.25) is 0 Å². The molecule has 9 heteroatoms. The average molecular weight is 437 g/mol. The van der Waals surface area contributed by atoms with E-state index in [1.54, 1.807) is 19.3 Å². The average Bonchev–Trinajstić information content (AvgIpc) is 2.83. The third-order valence-electron chi connectivity index (χ3n) is 5.93. The number of carbonyl (C=O) groups excluding carboxylic acids is 1. The molecule has 1 aliphatic heterocycles. The highest BCUT2D eigenvalue weighted by Crippen LogP contribution is 2.22. The minimum absolute atomic E-state index is 0.0107. The number of aliphatic hydroxyl groups is 1. The number of fused-ring (bicyclic) bond motifs is 1. The zero-order valence-corrected chi connectivity index (χ0v) is 18.3. The van der Waals surface area contributed by atoms with Gasteiger partial charge in [-0.2, -0.15) is 0 Å². The van der Waals surface area contributed by atoms with E-state index < -0.39 is 0 Å². The lowest BCUT2D eigenvalue weighted by Crippen LogP contribution is -2.54. The quantitative estimate of drug-likeness (QED) is 0.526. The van der Waals surface area contributed by atoms with E-state index in [0.717, 1.165) is 40.9 Å². The highest BCUT2D eigenvalue weighted by molar-refractivity contribution is 5.92. The molecule has 0 aromatic carbocycles. The number of pyridine rings is 3. The van der Waals surface area contributed by atoms with Crippen molar-refractivity contribution in [3.63, 3.8) is 0 Å². The van der Waals surface area contributed by atoms with Crippen LogP contribution in [0.5, 0.6) is 0 Å². The fraction of sp³-hybridized carbons (Fsp3) is 0.391. The number of aryl methyl sites for hydroxylation is 1. The first-order chi connectivity index (χ1) is 15.5. The van der Waals surface area contributed by atoms with Crippen LogP contribution in [0.1, 0.15) is 28.5 Å². The van der Waals surface area contributed by atoms with Crippen LogP contribution in [-0.4, -0.2) is 70.2 Å². The number of nitrogens with one attached hydrogen (secondary N) is 2. The normalized spacial score (nSPS) is 17.0. The van der Waals surface area contributed by atoms with Crippen molar-refractivity contribution >= 4 is 22.6 Å². The Morgan fingerprint density at radius 1 is 1.25 bits per heavy atom. The molecule has 0 saturated carbocycles. The Kier molecular flexibility index (Phi) is 6.48. The molecule has 3 N–H and O–H groups in total. The van der Waals surface area contributed by atoms with Gasteiger partial charge < -0.3 is 20.3 Å². The Balaban J connectivity index is 1.46. The molecule has 1 atom stereocenters. The van der Waals surface area contributed by atoms with Crippen LogP contribution < -0.4 is 15.8 Å². The highest BCUT2D eigenvalue weighted by Gasteiger charge is 2.27. The molecule has 32 heavy (non-hydrogen) atoms. The van der Waals surface area contributed by atoms with Crippen molar-refractivity contribution < 1.29 is 9.90 Å². The lowest BCUT2D eigenvalue weighted by molar-refractivity contribution is 0.0958. The van der Waals surface area contributed by atoms with Crippen LogP contribution in [0.25, 0.3) is 11.0 Å². The standard InChI is InChI=1S/C23H28N6O3/c1-3-16-9-20-21(27-22(16)31)8-15(10-25-20)12-28-6-7-29(18(13-28)14-30)17-4-5-19(26-11-17)23(32)24-2/h4-5,8-11,18,30H,3,6-7,12-14H2,1-2H3,(H,24,32)(H,27,31). The third-order valence-corrected chi connectivity index (χ3v) is 5.93. The lowest BCUT2D eigenvalue weighted by atomic mass is 10.1. The summed E-state index contributed by atoms with van der Waals surface area (Å²) < 4.78 is 0. The molecule has 0 bridgehead atoms. The molecule has 1 aliphatic rings. The van der Waals surface area contributed by atoms with Gasteiger partial charge in [0.05, 0.1) is 35.6 Å². The molecule has 0 spiro atoms. The Morgan fingerprint density at radius 3 is 2.78 bits per heavy atom. The number of hydrogen-bond acceptors (Lipinski definition) is 7. The van der Waals surface area contributed by atoms with Gasteiger partial charge in [0, 0.05) is 45.0 Å². The van der Waals surface area contributed by atoms with Crippen LogP contribution in [0, 0.1) is 0 Å². The smallest absolute Gasteiger partial charge is 0.269 e.